The molecule has 0 bridgehead atoms. The lowest BCUT2D eigenvalue weighted by Gasteiger charge is -2.10. The molecule has 0 aliphatic carbocycles. The minimum atomic E-state index is -0.286. The molecule has 1 heterocycles. The Balaban J connectivity index is 1.50. The second kappa shape index (κ2) is 8.49. The molecule has 0 radical (unpaired) electrons. The van der Waals surface area contributed by atoms with Gasteiger partial charge in [-0.05, 0) is 48.9 Å². The van der Waals surface area contributed by atoms with Crippen molar-refractivity contribution in [3.05, 3.63) is 89.7 Å². The summed E-state index contributed by atoms with van der Waals surface area (Å²) in [4.78, 5) is 17.0. The van der Waals surface area contributed by atoms with E-state index < -0.39 is 0 Å². The second-order valence-electron chi connectivity index (χ2n) is 6.75. The normalized spacial score (nSPS) is 11.0. The van der Waals surface area contributed by atoms with Crippen LogP contribution in [0.4, 0.5) is 4.39 Å². The zero-order chi connectivity index (χ0) is 20.2. The summed E-state index contributed by atoms with van der Waals surface area (Å²) in [6, 6.07) is 22.3. The van der Waals surface area contributed by atoms with Crippen molar-refractivity contribution in [3.8, 4) is 5.69 Å². The highest BCUT2D eigenvalue weighted by molar-refractivity contribution is 7.99. The fraction of sp³-hybridized carbons (Fsp3) is 0.130. The molecule has 3 aromatic carbocycles. The number of nitrogens with zero attached hydrogens (tertiary/aromatic N) is 2. The van der Waals surface area contributed by atoms with Gasteiger partial charge in [0.1, 0.15) is 5.82 Å². The zero-order valence-electron chi connectivity index (χ0n) is 15.9. The topological polar surface area (TPSA) is 46.9 Å². The summed E-state index contributed by atoms with van der Waals surface area (Å²) in [5.74, 6) is -0.136. The van der Waals surface area contributed by atoms with E-state index >= 15 is 0 Å². The molecule has 0 saturated heterocycles. The lowest BCUT2D eigenvalue weighted by atomic mass is 10.2. The largest absolute Gasteiger partial charge is 0.351 e. The summed E-state index contributed by atoms with van der Waals surface area (Å²) in [5, 5.41) is 3.64. The standard InChI is InChI=1S/C23H20FN3OS/c1-16-6-12-19(13-7-16)27-21-5-3-2-4-20(21)26-23(27)29-15-22(28)25-14-17-8-10-18(24)11-9-17/h2-13H,14-15H2,1H3,(H,25,28). The van der Waals surface area contributed by atoms with Crippen LogP contribution in [0.3, 0.4) is 0 Å². The number of carbonyl (C=O) groups excluding carboxylic acids is 1. The fourth-order valence-corrected chi connectivity index (χ4v) is 3.89. The summed E-state index contributed by atoms with van der Waals surface area (Å²) >= 11 is 1.40. The Bertz CT molecular complexity index is 1140. The maximum Gasteiger partial charge on any atom is 0.230 e. The van der Waals surface area contributed by atoms with Crippen molar-refractivity contribution in [2.75, 3.05) is 5.75 Å². The van der Waals surface area contributed by atoms with E-state index in [1.165, 1.54) is 29.5 Å². The Morgan fingerprint density at radius 3 is 2.52 bits per heavy atom. The number of thioether (sulfide) groups is 1. The van der Waals surface area contributed by atoms with Crippen LogP contribution in [0.5, 0.6) is 0 Å². The van der Waals surface area contributed by atoms with E-state index in [1.54, 1.807) is 12.1 Å². The first-order valence-corrected chi connectivity index (χ1v) is 10.3. The molecule has 6 heteroatoms. The average molecular weight is 405 g/mol. The molecule has 4 rings (SSSR count). The number of amides is 1. The summed E-state index contributed by atoms with van der Waals surface area (Å²) in [6.07, 6.45) is 0. The van der Waals surface area contributed by atoms with Crippen LogP contribution in [0, 0.1) is 12.7 Å². The molecule has 146 valence electrons. The maximum atomic E-state index is 13.0. The van der Waals surface area contributed by atoms with Gasteiger partial charge in [0.15, 0.2) is 5.16 Å². The van der Waals surface area contributed by atoms with Gasteiger partial charge in [-0.15, -0.1) is 0 Å². The third-order valence-corrected chi connectivity index (χ3v) is 5.50. The smallest absolute Gasteiger partial charge is 0.230 e. The molecule has 1 aromatic heterocycles. The minimum Gasteiger partial charge on any atom is -0.351 e. The van der Waals surface area contributed by atoms with Crippen molar-refractivity contribution in [1.29, 1.82) is 0 Å². The molecule has 0 spiro atoms. The Morgan fingerprint density at radius 1 is 1.03 bits per heavy atom. The molecule has 0 fully saturated rings. The minimum absolute atomic E-state index is 0.0955. The predicted molar refractivity (Wildman–Crippen MR) is 115 cm³/mol. The quantitative estimate of drug-likeness (QED) is 0.465. The molecular formula is C23H20FN3OS. The third-order valence-electron chi connectivity index (χ3n) is 4.56. The van der Waals surface area contributed by atoms with E-state index in [-0.39, 0.29) is 17.5 Å². The molecule has 0 saturated carbocycles. The first-order valence-electron chi connectivity index (χ1n) is 9.28. The number of imidazole rings is 1. The first-order chi connectivity index (χ1) is 14.1. The van der Waals surface area contributed by atoms with Gasteiger partial charge in [0, 0.05) is 12.2 Å². The molecule has 29 heavy (non-hydrogen) atoms. The van der Waals surface area contributed by atoms with Crippen molar-refractivity contribution < 1.29 is 9.18 Å². The van der Waals surface area contributed by atoms with Crippen LogP contribution in [-0.4, -0.2) is 21.2 Å². The van der Waals surface area contributed by atoms with E-state index in [9.17, 15) is 9.18 Å². The number of halogens is 1. The van der Waals surface area contributed by atoms with Gasteiger partial charge < -0.3 is 5.32 Å². The Labute approximate surface area is 172 Å². The van der Waals surface area contributed by atoms with Crippen molar-refractivity contribution in [2.45, 2.75) is 18.6 Å². The average Bonchev–Trinajstić information content (AvgIpc) is 3.11. The predicted octanol–water partition coefficient (Wildman–Crippen LogP) is 4.88. The SMILES string of the molecule is Cc1ccc(-n2c(SCC(=O)NCc3ccc(F)cc3)nc3ccccc32)cc1. The molecule has 4 aromatic rings. The van der Waals surface area contributed by atoms with E-state index in [0.29, 0.717) is 6.54 Å². The van der Waals surface area contributed by atoms with Crippen LogP contribution >= 0.6 is 11.8 Å². The van der Waals surface area contributed by atoms with Crippen LogP contribution < -0.4 is 5.32 Å². The van der Waals surface area contributed by atoms with Gasteiger partial charge >= 0.3 is 0 Å². The van der Waals surface area contributed by atoms with Crippen molar-refractivity contribution >= 4 is 28.7 Å². The summed E-state index contributed by atoms with van der Waals surface area (Å²) in [5.41, 5.74) is 4.95. The van der Waals surface area contributed by atoms with Gasteiger partial charge in [-0.1, -0.05) is 53.7 Å². The number of aromatic nitrogens is 2. The lowest BCUT2D eigenvalue weighted by molar-refractivity contribution is -0.118. The number of hydrogen-bond acceptors (Lipinski definition) is 3. The maximum absolute atomic E-state index is 13.0. The monoisotopic (exact) mass is 405 g/mol. The molecule has 0 unspecified atom stereocenters. The highest BCUT2D eigenvalue weighted by atomic mass is 32.2. The van der Waals surface area contributed by atoms with Gasteiger partial charge in [0.25, 0.3) is 0 Å². The van der Waals surface area contributed by atoms with Crippen molar-refractivity contribution in [1.82, 2.24) is 14.9 Å². The van der Waals surface area contributed by atoms with Crippen molar-refractivity contribution in [3.63, 3.8) is 0 Å². The molecule has 0 aliphatic heterocycles. The molecule has 0 aliphatic rings. The molecule has 4 nitrogen and oxygen atoms in total. The number of nitrogens with one attached hydrogen (secondary N) is 1. The Kier molecular flexibility index (Phi) is 5.62. The molecular weight excluding hydrogens is 385 g/mol. The molecule has 1 N–H and O–H groups in total. The first kappa shape index (κ1) is 19.2. The number of carbonyl (C=O) groups is 1. The Hall–Kier alpha value is -3.12. The highest BCUT2D eigenvalue weighted by Gasteiger charge is 2.14. The van der Waals surface area contributed by atoms with E-state index in [1.807, 2.05) is 24.3 Å². The van der Waals surface area contributed by atoms with Crippen LogP contribution in [-0.2, 0) is 11.3 Å². The van der Waals surface area contributed by atoms with E-state index in [2.05, 4.69) is 41.1 Å². The number of fused-ring (bicyclic) bond motifs is 1. The van der Waals surface area contributed by atoms with Gasteiger partial charge in [-0.25, -0.2) is 9.37 Å². The third kappa shape index (κ3) is 4.49. The second-order valence-corrected chi connectivity index (χ2v) is 7.69. The van der Waals surface area contributed by atoms with Crippen LogP contribution in [0.15, 0.2) is 78.0 Å². The number of hydrogen-bond donors (Lipinski definition) is 1. The van der Waals surface area contributed by atoms with Gasteiger partial charge in [0.2, 0.25) is 5.91 Å². The van der Waals surface area contributed by atoms with Crippen LogP contribution in [0.2, 0.25) is 0 Å². The lowest BCUT2D eigenvalue weighted by Crippen LogP contribution is -2.24. The van der Waals surface area contributed by atoms with E-state index in [4.69, 9.17) is 4.98 Å². The Morgan fingerprint density at radius 2 is 1.76 bits per heavy atom. The number of aryl methyl sites for hydroxylation is 1. The van der Waals surface area contributed by atoms with Crippen molar-refractivity contribution in [2.24, 2.45) is 0 Å². The van der Waals surface area contributed by atoms with Crippen LogP contribution in [0.1, 0.15) is 11.1 Å². The van der Waals surface area contributed by atoms with Gasteiger partial charge in [0.05, 0.1) is 16.8 Å². The summed E-state index contributed by atoms with van der Waals surface area (Å²) in [7, 11) is 0. The number of benzene rings is 3. The van der Waals surface area contributed by atoms with Gasteiger partial charge in [-0.2, -0.15) is 0 Å². The molecule has 0 atom stereocenters. The summed E-state index contributed by atoms with van der Waals surface area (Å²) in [6.45, 7) is 2.42. The highest BCUT2D eigenvalue weighted by Crippen LogP contribution is 2.28. The van der Waals surface area contributed by atoms with Crippen LogP contribution in [0.25, 0.3) is 16.7 Å². The fourth-order valence-electron chi connectivity index (χ4n) is 3.03. The number of rotatable bonds is 6. The zero-order valence-corrected chi connectivity index (χ0v) is 16.7. The number of para-hydroxylation sites is 2. The van der Waals surface area contributed by atoms with Gasteiger partial charge in [-0.3, -0.25) is 9.36 Å². The summed E-state index contributed by atoms with van der Waals surface area (Å²) < 4.78 is 15.1. The molecule has 1 amide bonds. The van der Waals surface area contributed by atoms with E-state index in [0.717, 1.165) is 27.4 Å².